The van der Waals surface area contributed by atoms with Crippen molar-refractivity contribution in [3.05, 3.63) is 0 Å². The first-order valence-electron chi connectivity index (χ1n) is 5.85. The quantitative estimate of drug-likeness (QED) is 0.769. The lowest BCUT2D eigenvalue weighted by Crippen LogP contribution is -2.43. The van der Waals surface area contributed by atoms with Crippen molar-refractivity contribution in [1.82, 2.24) is 4.90 Å². The molecule has 1 N–H and O–H groups in total. The van der Waals surface area contributed by atoms with Gasteiger partial charge in [-0.05, 0) is 39.7 Å². The summed E-state index contributed by atoms with van der Waals surface area (Å²) in [6.45, 7) is 6.22. The number of piperidine rings is 1. The molecular formula is C12H22N2O. The van der Waals surface area contributed by atoms with Gasteiger partial charge >= 0.3 is 0 Å². The third kappa shape index (κ3) is 3.81. The summed E-state index contributed by atoms with van der Waals surface area (Å²) in [5, 5.41) is 18.2. The second kappa shape index (κ2) is 5.48. The zero-order valence-electron chi connectivity index (χ0n) is 9.87. The molecule has 1 aliphatic rings. The van der Waals surface area contributed by atoms with Crippen LogP contribution in [0.1, 0.15) is 39.5 Å². The Bertz CT molecular complexity index is 232. The van der Waals surface area contributed by atoms with Crippen molar-refractivity contribution < 1.29 is 5.11 Å². The van der Waals surface area contributed by atoms with Crippen molar-refractivity contribution in [2.45, 2.75) is 45.6 Å². The highest BCUT2D eigenvalue weighted by Crippen LogP contribution is 2.22. The third-order valence-electron chi connectivity index (χ3n) is 3.29. The predicted molar refractivity (Wildman–Crippen MR) is 60.3 cm³/mol. The maximum atomic E-state index is 9.24. The Morgan fingerprint density at radius 2 is 2.20 bits per heavy atom. The van der Waals surface area contributed by atoms with Crippen LogP contribution in [0, 0.1) is 16.7 Å². The number of likely N-dealkylation sites (tertiary alicyclic amines) is 1. The largest absolute Gasteiger partial charge is 0.395 e. The molecule has 1 heterocycles. The second-order valence-corrected chi connectivity index (χ2v) is 5.11. The normalized spacial score (nSPS) is 23.7. The van der Waals surface area contributed by atoms with Gasteiger partial charge in [0.25, 0.3) is 0 Å². The Hall–Kier alpha value is -0.590. The van der Waals surface area contributed by atoms with Crippen LogP contribution < -0.4 is 0 Å². The van der Waals surface area contributed by atoms with E-state index >= 15 is 0 Å². The number of nitriles is 1. The van der Waals surface area contributed by atoms with Gasteiger partial charge in [-0.2, -0.15) is 5.26 Å². The molecule has 1 saturated heterocycles. The molecule has 0 spiro atoms. The van der Waals surface area contributed by atoms with E-state index in [0.717, 1.165) is 25.9 Å². The van der Waals surface area contributed by atoms with Gasteiger partial charge in [0.15, 0.2) is 0 Å². The standard InChI is InChI=1S/C12H22N2O/c1-12(2,10-13)6-8-14-7-4-3-5-11(14)9-15/h11,15H,3-9H2,1-2H3. The molecule has 1 unspecified atom stereocenters. The highest BCUT2D eigenvalue weighted by Gasteiger charge is 2.24. The van der Waals surface area contributed by atoms with Crippen LogP contribution in [0.15, 0.2) is 0 Å². The number of hydrogen-bond acceptors (Lipinski definition) is 3. The summed E-state index contributed by atoms with van der Waals surface area (Å²) in [6, 6.07) is 2.65. The molecule has 1 atom stereocenters. The second-order valence-electron chi connectivity index (χ2n) is 5.11. The highest BCUT2D eigenvalue weighted by molar-refractivity contribution is 4.92. The molecule has 0 saturated carbocycles. The number of aliphatic hydroxyl groups is 1. The molecule has 0 bridgehead atoms. The Morgan fingerprint density at radius 1 is 1.47 bits per heavy atom. The van der Waals surface area contributed by atoms with Crippen LogP contribution in [-0.4, -0.2) is 35.7 Å². The predicted octanol–water partition coefficient (Wildman–Crippen LogP) is 1.77. The molecule has 15 heavy (non-hydrogen) atoms. The van der Waals surface area contributed by atoms with Crippen LogP contribution in [0.2, 0.25) is 0 Å². The molecule has 86 valence electrons. The lowest BCUT2D eigenvalue weighted by Gasteiger charge is -2.35. The summed E-state index contributed by atoms with van der Waals surface area (Å²) in [4.78, 5) is 2.34. The summed E-state index contributed by atoms with van der Waals surface area (Å²) in [7, 11) is 0. The summed E-state index contributed by atoms with van der Waals surface area (Å²) >= 11 is 0. The van der Waals surface area contributed by atoms with E-state index in [1.807, 2.05) is 13.8 Å². The van der Waals surface area contributed by atoms with E-state index in [9.17, 15) is 5.11 Å². The molecule has 1 fully saturated rings. The molecule has 0 radical (unpaired) electrons. The Balaban J connectivity index is 2.39. The fraction of sp³-hybridized carbons (Fsp3) is 0.917. The third-order valence-corrected chi connectivity index (χ3v) is 3.29. The van der Waals surface area contributed by atoms with Gasteiger partial charge in [-0.15, -0.1) is 0 Å². The van der Waals surface area contributed by atoms with E-state index in [1.54, 1.807) is 0 Å². The first kappa shape index (κ1) is 12.5. The van der Waals surface area contributed by atoms with Gasteiger partial charge in [0.2, 0.25) is 0 Å². The molecule has 3 nitrogen and oxygen atoms in total. The first-order chi connectivity index (χ1) is 7.09. The smallest absolute Gasteiger partial charge is 0.0684 e. The minimum atomic E-state index is -0.239. The fourth-order valence-electron chi connectivity index (χ4n) is 2.04. The maximum absolute atomic E-state index is 9.24. The van der Waals surface area contributed by atoms with Crippen molar-refractivity contribution in [1.29, 1.82) is 5.26 Å². The van der Waals surface area contributed by atoms with Crippen molar-refractivity contribution in [3.8, 4) is 6.07 Å². The number of rotatable bonds is 4. The van der Waals surface area contributed by atoms with Crippen molar-refractivity contribution >= 4 is 0 Å². The van der Waals surface area contributed by atoms with Crippen molar-refractivity contribution in [2.75, 3.05) is 19.7 Å². The summed E-state index contributed by atoms with van der Waals surface area (Å²) in [5.74, 6) is 0. The van der Waals surface area contributed by atoms with Crippen LogP contribution in [-0.2, 0) is 0 Å². The van der Waals surface area contributed by atoms with E-state index in [2.05, 4.69) is 11.0 Å². The molecule has 0 aromatic heterocycles. The van der Waals surface area contributed by atoms with E-state index in [1.165, 1.54) is 12.8 Å². The Kier molecular flexibility index (Phi) is 4.56. The minimum Gasteiger partial charge on any atom is -0.395 e. The van der Waals surface area contributed by atoms with E-state index in [-0.39, 0.29) is 12.0 Å². The van der Waals surface area contributed by atoms with Crippen LogP contribution in [0.3, 0.4) is 0 Å². The lowest BCUT2D eigenvalue weighted by atomic mass is 9.90. The van der Waals surface area contributed by atoms with Gasteiger partial charge in [0, 0.05) is 12.6 Å². The molecule has 0 aromatic carbocycles. The van der Waals surface area contributed by atoms with E-state index in [0.29, 0.717) is 6.04 Å². The van der Waals surface area contributed by atoms with Crippen LogP contribution in [0.4, 0.5) is 0 Å². The minimum absolute atomic E-state index is 0.239. The molecule has 0 aliphatic carbocycles. The van der Waals surface area contributed by atoms with Gasteiger partial charge in [0.1, 0.15) is 0 Å². The first-order valence-corrected chi connectivity index (χ1v) is 5.85. The Morgan fingerprint density at radius 3 is 2.80 bits per heavy atom. The summed E-state index contributed by atoms with van der Waals surface area (Å²) < 4.78 is 0. The van der Waals surface area contributed by atoms with E-state index < -0.39 is 0 Å². The molecule has 1 rings (SSSR count). The van der Waals surface area contributed by atoms with Crippen LogP contribution in [0.25, 0.3) is 0 Å². The lowest BCUT2D eigenvalue weighted by molar-refractivity contribution is 0.0829. The van der Waals surface area contributed by atoms with Gasteiger partial charge < -0.3 is 5.11 Å². The van der Waals surface area contributed by atoms with Crippen molar-refractivity contribution in [3.63, 3.8) is 0 Å². The zero-order valence-corrected chi connectivity index (χ0v) is 9.87. The SMILES string of the molecule is CC(C)(C#N)CCN1CCCCC1CO. The van der Waals surface area contributed by atoms with Crippen LogP contribution >= 0.6 is 0 Å². The Labute approximate surface area is 92.7 Å². The van der Waals surface area contributed by atoms with Gasteiger partial charge in [0.05, 0.1) is 18.1 Å². The number of hydrogen-bond donors (Lipinski definition) is 1. The monoisotopic (exact) mass is 210 g/mol. The molecule has 1 aliphatic heterocycles. The van der Waals surface area contributed by atoms with Crippen LogP contribution in [0.5, 0.6) is 0 Å². The maximum Gasteiger partial charge on any atom is 0.0684 e. The van der Waals surface area contributed by atoms with Gasteiger partial charge in [-0.1, -0.05) is 6.42 Å². The van der Waals surface area contributed by atoms with Gasteiger partial charge in [-0.3, -0.25) is 4.90 Å². The molecule has 3 heteroatoms. The molecule has 0 amide bonds. The van der Waals surface area contributed by atoms with Crippen molar-refractivity contribution in [2.24, 2.45) is 5.41 Å². The molecule has 0 aromatic rings. The van der Waals surface area contributed by atoms with Gasteiger partial charge in [-0.25, -0.2) is 0 Å². The van der Waals surface area contributed by atoms with E-state index in [4.69, 9.17) is 5.26 Å². The number of aliphatic hydroxyl groups excluding tert-OH is 1. The molecular weight excluding hydrogens is 188 g/mol. The summed E-state index contributed by atoms with van der Waals surface area (Å²) in [6.07, 6.45) is 4.44. The topological polar surface area (TPSA) is 47.3 Å². The average molecular weight is 210 g/mol. The fourth-order valence-corrected chi connectivity index (χ4v) is 2.04. The highest BCUT2D eigenvalue weighted by atomic mass is 16.3. The summed E-state index contributed by atoms with van der Waals surface area (Å²) in [5.41, 5.74) is -0.239. The average Bonchev–Trinajstić information content (AvgIpc) is 2.27. The zero-order chi connectivity index (χ0) is 11.3. The number of nitrogens with zero attached hydrogens (tertiary/aromatic N) is 2.